The quantitative estimate of drug-likeness (QED) is 0.870. The van der Waals surface area contributed by atoms with Crippen molar-refractivity contribution in [3.05, 3.63) is 47.4 Å². The first kappa shape index (κ1) is 14.1. The van der Waals surface area contributed by atoms with E-state index in [1.165, 1.54) is 13.4 Å². The molecular formula is C15H16N4O3. The molecule has 1 atom stereocenters. The molecule has 114 valence electrons. The molecule has 0 bridgehead atoms. The molecule has 0 unspecified atom stereocenters. The number of fused-ring (bicyclic) bond motifs is 1. The summed E-state index contributed by atoms with van der Waals surface area (Å²) in [4.78, 5) is 16.4. The molecule has 3 rings (SSSR count). The molecule has 7 heteroatoms. The molecule has 0 amide bonds. The van der Waals surface area contributed by atoms with Crippen LogP contribution in [0.1, 0.15) is 18.5 Å². The number of hydrogen-bond donors (Lipinski definition) is 1. The highest BCUT2D eigenvalue weighted by atomic mass is 16.5. The van der Waals surface area contributed by atoms with Crippen molar-refractivity contribution >= 4 is 11.9 Å². The molecule has 2 aromatic rings. The van der Waals surface area contributed by atoms with Gasteiger partial charge in [0, 0.05) is 5.70 Å². The number of hydrogen-bond acceptors (Lipinski definition) is 6. The van der Waals surface area contributed by atoms with Gasteiger partial charge in [0.25, 0.3) is 0 Å². The fourth-order valence-corrected chi connectivity index (χ4v) is 2.59. The Labute approximate surface area is 127 Å². The van der Waals surface area contributed by atoms with Crippen LogP contribution >= 0.6 is 0 Å². The van der Waals surface area contributed by atoms with Crippen LogP contribution in [0, 0.1) is 0 Å². The molecule has 2 heterocycles. The van der Waals surface area contributed by atoms with Gasteiger partial charge in [0.15, 0.2) is 0 Å². The number of ether oxygens (including phenoxy) is 2. The summed E-state index contributed by atoms with van der Waals surface area (Å²) in [5.74, 6) is 0.886. The van der Waals surface area contributed by atoms with Gasteiger partial charge in [-0.15, -0.1) is 0 Å². The largest absolute Gasteiger partial charge is 0.497 e. The second-order valence-corrected chi connectivity index (χ2v) is 4.86. The van der Waals surface area contributed by atoms with Crippen LogP contribution in [-0.2, 0) is 9.53 Å². The third-order valence-electron chi connectivity index (χ3n) is 3.61. The fraction of sp³-hybridized carbons (Fsp3) is 0.267. The smallest absolute Gasteiger partial charge is 0.338 e. The molecular weight excluding hydrogens is 284 g/mol. The van der Waals surface area contributed by atoms with Gasteiger partial charge in [0.1, 0.15) is 18.1 Å². The summed E-state index contributed by atoms with van der Waals surface area (Å²) in [6.07, 6.45) is 1.45. The fourth-order valence-electron chi connectivity index (χ4n) is 2.59. The molecule has 1 aromatic heterocycles. The van der Waals surface area contributed by atoms with Crippen LogP contribution in [0.15, 0.2) is 41.9 Å². The highest BCUT2D eigenvalue weighted by molar-refractivity contribution is 5.92. The number of anilines is 1. The zero-order valence-electron chi connectivity index (χ0n) is 12.5. The first-order chi connectivity index (χ1) is 10.7. The van der Waals surface area contributed by atoms with Crippen molar-refractivity contribution in [2.75, 3.05) is 19.5 Å². The van der Waals surface area contributed by atoms with Crippen molar-refractivity contribution in [2.24, 2.45) is 0 Å². The Kier molecular flexibility index (Phi) is 3.54. The van der Waals surface area contributed by atoms with Crippen molar-refractivity contribution in [1.29, 1.82) is 0 Å². The Bertz CT molecular complexity index is 751. The summed E-state index contributed by atoms with van der Waals surface area (Å²) in [6.45, 7) is 1.82. The van der Waals surface area contributed by atoms with E-state index in [4.69, 9.17) is 9.47 Å². The molecule has 22 heavy (non-hydrogen) atoms. The first-order valence-electron chi connectivity index (χ1n) is 6.75. The number of rotatable bonds is 3. The Morgan fingerprint density at radius 3 is 2.91 bits per heavy atom. The van der Waals surface area contributed by atoms with Crippen LogP contribution in [0.3, 0.4) is 0 Å². The zero-order valence-corrected chi connectivity index (χ0v) is 12.5. The lowest BCUT2D eigenvalue weighted by Gasteiger charge is -2.28. The highest BCUT2D eigenvalue weighted by Crippen LogP contribution is 2.35. The number of allylic oxidation sites excluding steroid dienone is 1. The summed E-state index contributed by atoms with van der Waals surface area (Å²) in [5.41, 5.74) is 2.06. The number of carbonyl (C=O) groups is 1. The second-order valence-electron chi connectivity index (χ2n) is 4.86. The lowest BCUT2D eigenvalue weighted by molar-refractivity contribution is -0.136. The molecule has 0 saturated carbocycles. The van der Waals surface area contributed by atoms with E-state index in [0.717, 1.165) is 5.56 Å². The average Bonchev–Trinajstić information content (AvgIpc) is 3.00. The lowest BCUT2D eigenvalue weighted by atomic mass is 9.95. The van der Waals surface area contributed by atoms with Crippen LogP contribution in [0.2, 0.25) is 0 Å². The van der Waals surface area contributed by atoms with Gasteiger partial charge in [0.05, 0.1) is 19.8 Å². The van der Waals surface area contributed by atoms with Crippen LogP contribution < -0.4 is 10.1 Å². The molecule has 1 aromatic carbocycles. The Balaban J connectivity index is 2.18. The SMILES string of the molecule is COC(=O)C1=C(C)Nc2ncnn2[C@H]1c1cccc(OC)c1. The normalized spacial score (nSPS) is 16.8. The lowest BCUT2D eigenvalue weighted by Crippen LogP contribution is -2.29. The van der Waals surface area contributed by atoms with Crippen molar-refractivity contribution in [2.45, 2.75) is 13.0 Å². The van der Waals surface area contributed by atoms with E-state index in [1.54, 1.807) is 11.8 Å². The van der Waals surface area contributed by atoms with Crippen molar-refractivity contribution in [1.82, 2.24) is 14.8 Å². The number of aromatic nitrogens is 3. The number of esters is 1. The van der Waals surface area contributed by atoms with Gasteiger partial charge in [-0.25, -0.2) is 9.48 Å². The summed E-state index contributed by atoms with van der Waals surface area (Å²) in [7, 11) is 2.97. The van der Waals surface area contributed by atoms with Crippen molar-refractivity contribution < 1.29 is 14.3 Å². The van der Waals surface area contributed by atoms with E-state index >= 15 is 0 Å². The maximum absolute atomic E-state index is 12.2. The summed E-state index contributed by atoms with van der Waals surface area (Å²) in [6, 6.07) is 7.09. The predicted octanol–water partition coefficient (Wildman–Crippen LogP) is 1.75. The average molecular weight is 300 g/mol. The van der Waals surface area contributed by atoms with E-state index in [-0.39, 0.29) is 0 Å². The molecule has 1 N–H and O–H groups in total. The van der Waals surface area contributed by atoms with E-state index < -0.39 is 12.0 Å². The molecule has 0 saturated heterocycles. The number of nitrogens with one attached hydrogen (secondary N) is 1. The van der Waals surface area contributed by atoms with Gasteiger partial charge < -0.3 is 14.8 Å². The third-order valence-corrected chi connectivity index (χ3v) is 3.61. The standard InChI is InChI=1S/C15H16N4O3/c1-9-12(14(20)22-3)13(19-15(18-9)16-8-17-19)10-5-4-6-11(7-10)21-2/h4-8,13H,1-3H3,(H,16,17,18)/t13-/m0/s1. The molecule has 1 aliphatic rings. The van der Waals surface area contributed by atoms with Crippen LogP contribution in [0.5, 0.6) is 5.75 Å². The number of nitrogens with zero attached hydrogens (tertiary/aromatic N) is 3. The summed E-state index contributed by atoms with van der Waals surface area (Å²) < 4.78 is 11.9. The van der Waals surface area contributed by atoms with E-state index in [0.29, 0.717) is 23.0 Å². The second kappa shape index (κ2) is 5.51. The van der Waals surface area contributed by atoms with Gasteiger partial charge in [-0.3, -0.25) is 0 Å². The van der Waals surface area contributed by atoms with Gasteiger partial charge >= 0.3 is 5.97 Å². The summed E-state index contributed by atoms with van der Waals surface area (Å²) in [5, 5.41) is 7.30. The first-order valence-corrected chi connectivity index (χ1v) is 6.75. The van der Waals surface area contributed by atoms with Gasteiger partial charge in [-0.05, 0) is 24.6 Å². The minimum absolute atomic E-state index is 0.404. The van der Waals surface area contributed by atoms with Crippen molar-refractivity contribution in [3.8, 4) is 5.75 Å². The molecule has 0 fully saturated rings. The van der Waals surface area contributed by atoms with Crippen LogP contribution in [-0.4, -0.2) is 35.0 Å². The van der Waals surface area contributed by atoms with Crippen molar-refractivity contribution in [3.63, 3.8) is 0 Å². The Morgan fingerprint density at radius 2 is 2.18 bits per heavy atom. The number of methoxy groups -OCH3 is 2. The molecule has 7 nitrogen and oxygen atoms in total. The van der Waals surface area contributed by atoms with Gasteiger partial charge in [0.2, 0.25) is 5.95 Å². The Morgan fingerprint density at radius 1 is 1.36 bits per heavy atom. The van der Waals surface area contributed by atoms with Gasteiger partial charge in [-0.2, -0.15) is 10.1 Å². The maximum atomic E-state index is 12.2. The zero-order chi connectivity index (χ0) is 15.7. The summed E-state index contributed by atoms with van der Waals surface area (Å²) >= 11 is 0. The van der Waals surface area contributed by atoms with E-state index in [1.807, 2.05) is 31.2 Å². The highest BCUT2D eigenvalue weighted by Gasteiger charge is 2.34. The van der Waals surface area contributed by atoms with E-state index in [9.17, 15) is 4.79 Å². The van der Waals surface area contributed by atoms with Crippen LogP contribution in [0.4, 0.5) is 5.95 Å². The Hall–Kier alpha value is -2.83. The number of benzene rings is 1. The predicted molar refractivity (Wildman–Crippen MR) is 79.5 cm³/mol. The molecule has 0 radical (unpaired) electrons. The monoisotopic (exact) mass is 300 g/mol. The molecule has 0 aliphatic carbocycles. The molecule has 0 spiro atoms. The third kappa shape index (κ3) is 2.20. The van der Waals surface area contributed by atoms with Crippen LogP contribution in [0.25, 0.3) is 0 Å². The topological polar surface area (TPSA) is 78.3 Å². The minimum Gasteiger partial charge on any atom is -0.497 e. The molecule has 1 aliphatic heterocycles. The minimum atomic E-state index is -0.415. The maximum Gasteiger partial charge on any atom is 0.338 e. The van der Waals surface area contributed by atoms with Gasteiger partial charge in [-0.1, -0.05) is 12.1 Å². The number of carbonyl (C=O) groups excluding carboxylic acids is 1. The van der Waals surface area contributed by atoms with E-state index in [2.05, 4.69) is 15.4 Å².